The maximum atomic E-state index is 7.17. The van der Waals surface area contributed by atoms with Gasteiger partial charge in [-0.25, -0.2) is 4.98 Å². The number of halogens is 1. The molecular weight excluding hydrogens is 124 g/mol. The normalized spacial score (nSPS) is 14.4. The Hall–Kier alpha value is -0.760. The molecule has 42 valence electrons. The van der Waals surface area contributed by atoms with Crippen molar-refractivity contribution in [2.75, 3.05) is 5.73 Å². The molecule has 1 rings (SSSR count). The van der Waals surface area contributed by atoms with E-state index >= 15 is 0 Å². The van der Waals surface area contributed by atoms with E-state index in [1.54, 1.807) is 0 Å². The Morgan fingerprint density at radius 2 is 2.50 bits per heavy atom. The second kappa shape index (κ2) is 2.01. The van der Waals surface area contributed by atoms with E-state index in [2.05, 4.69) is 4.98 Å². The van der Waals surface area contributed by atoms with Crippen molar-refractivity contribution in [1.82, 2.24) is 4.98 Å². The molecule has 2 nitrogen and oxygen atoms in total. The summed E-state index contributed by atoms with van der Waals surface area (Å²) in [5.41, 5.74) is 5.12. The fraction of sp³-hybridized carbons (Fsp3) is 0. The number of nitrogen functional groups attached to an aromatic ring is 1. The number of anilines is 1. The van der Waals surface area contributed by atoms with Crippen LogP contribution in [0.4, 0.5) is 5.69 Å². The molecule has 0 unspecified atom stereocenters. The van der Waals surface area contributed by atoms with Crippen molar-refractivity contribution in [2.24, 2.45) is 0 Å². The van der Waals surface area contributed by atoms with Crippen LogP contribution < -0.4 is 5.73 Å². The van der Waals surface area contributed by atoms with Crippen molar-refractivity contribution >= 4 is 17.3 Å². The van der Waals surface area contributed by atoms with Gasteiger partial charge in [0.25, 0.3) is 0 Å². The summed E-state index contributed by atoms with van der Waals surface area (Å²) >= 11 is 5.40. The van der Waals surface area contributed by atoms with Crippen LogP contribution in [0.1, 0.15) is 4.11 Å². The SMILES string of the molecule is [2H]c1nc(Cl)c([2H])c([2H])c1N. The largest absolute Gasteiger partial charge is 0.397 e. The average molecular weight is 132 g/mol. The highest BCUT2D eigenvalue weighted by Gasteiger charge is 1.83. The van der Waals surface area contributed by atoms with Crippen molar-refractivity contribution in [3.63, 3.8) is 0 Å². The summed E-state index contributed by atoms with van der Waals surface area (Å²) in [6, 6.07) is -0.477. The Kier molecular flexibility index (Phi) is 0.674. The van der Waals surface area contributed by atoms with E-state index in [-0.39, 0.29) is 29.1 Å². The topological polar surface area (TPSA) is 38.9 Å². The zero-order valence-corrected chi connectivity index (χ0v) is 4.66. The lowest BCUT2D eigenvalue weighted by Crippen LogP contribution is -1.83. The first kappa shape index (κ1) is 2.69. The Balaban J connectivity index is 3.46. The molecule has 0 spiro atoms. The van der Waals surface area contributed by atoms with Crippen LogP contribution >= 0.6 is 11.6 Å². The monoisotopic (exact) mass is 131 g/mol. The smallest absolute Gasteiger partial charge is 0.129 e. The molecule has 0 amide bonds. The van der Waals surface area contributed by atoms with Crippen LogP contribution in [-0.4, -0.2) is 4.98 Å². The molecule has 0 aliphatic rings. The average Bonchev–Trinajstić information content (AvgIpc) is 1.97. The van der Waals surface area contributed by atoms with Gasteiger partial charge in [-0.2, -0.15) is 0 Å². The molecule has 0 aromatic carbocycles. The van der Waals surface area contributed by atoms with Gasteiger partial charge < -0.3 is 5.73 Å². The third kappa shape index (κ3) is 1.10. The van der Waals surface area contributed by atoms with Crippen molar-refractivity contribution in [2.45, 2.75) is 0 Å². The number of nitrogens with two attached hydrogens (primary N) is 1. The maximum Gasteiger partial charge on any atom is 0.129 e. The highest BCUT2D eigenvalue weighted by Crippen LogP contribution is 2.04. The van der Waals surface area contributed by atoms with Gasteiger partial charge in [-0.1, -0.05) is 11.6 Å². The molecule has 1 aromatic heterocycles. The van der Waals surface area contributed by atoms with Crippen LogP contribution in [0.15, 0.2) is 18.3 Å². The molecule has 1 heterocycles. The van der Waals surface area contributed by atoms with Crippen molar-refractivity contribution in [3.8, 4) is 0 Å². The van der Waals surface area contributed by atoms with Crippen LogP contribution in [0.25, 0.3) is 0 Å². The minimum absolute atomic E-state index is 0.112. The molecule has 3 heteroatoms. The molecular formula is C5H5ClN2. The summed E-state index contributed by atoms with van der Waals surface area (Å²) in [5, 5.41) is -0.158. The quantitative estimate of drug-likeness (QED) is 0.540. The maximum absolute atomic E-state index is 7.17. The molecule has 0 bridgehead atoms. The predicted octanol–water partition coefficient (Wildman–Crippen LogP) is 1.32. The molecule has 2 N–H and O–H groups in total. The first-order valence-corrected chi connectivity index (χ1v) is 2.30. The fourth-order valence-electron chi connectivity index (χ4n) is 0.284. The second-order valence-electron chi connectivity index (χ2n) is 1.18. The molecule has 1 aromatic rings. The Morgan fingerprint density at radius 1 is 1.75 bits per heavy atom. The molecule has 0 saturated carbocycles. The molecule has 0 atom stereocenters. The van der Waals surface area contributed by atoms with Gasteiger partial charge in [0.1, 0.15) is 5.15 Å². The molecule has 0 saturated heterocycles. The first-order chi connectivity index (χ1) is 5.04. The van der Waals surface area contributed by atoms with Crippen LogP contribution in [0.2, 0.25) is 5.15 Å². The van der Waals surface area contributed by atoms with Gasteiger partial charge in [0.15, 0.2) is 0 Å². The van der Waals surface area contributed by atoms with E-state index in [4.69, 9.17) is 21.4 Å². The van der Waals surface area contributed by atoms with E-state index in [1.165, 1.54) is 0 Å². The van der Waals surface area contributed by atoms with E-state index in [0.29, 0.717) is 0 Å². The third-order valence-electron chi connectivity index (χ3n) is 0.575. The fourth-order valence-corrected chi connectivity index (χ4v) is 0.374. The lowest BCUT2D eigenvalue weighted by Gasteiger charge is -1.87. The zero-order chi connectivity index (χ0) is 8.59. The molecule has 0 aliphatic carbocycles. The van der Waals surface area contributed by atoms with Gasteiger partial charge in [0.2, 0.25) is 0 Å². The van der Waals surface area contributed by atoms with E-state index in [9.17, 15) is 0 Å². The highest BCUT2D eigenvalue weighted by atomic mass is 35.5. The molecule has 0 radical (unpaired) electrons. The Labute approximate surface area is 56.5 Å². The number of hydrogen-bond acceptors (Lipinski definition) is 2. The number of pyridine rings is 1. The molecule has 8 heavy (non-hydrogen) atoms. The Bertz CT molecular complexity index is 276. The molecule has 0 aliphatic heterocycles. The van der Waals surface area contributed by atoms with Crippen molar-refractivity contribution in [3.05, 3.63) is 23.4 Å². The van der Waals surface area contributed by atoms with Crippen LogP contribution in [0.3, 0.4) is 0 Å². The summed E-state index contributed by atoms with van der Waals surface area (Å²) in [5.74, 6) is 0. The first-order valence-electron chi connectivity index (χ1n) is 3.42. The van der Waals surface area contributed by atoms with E-state index in [0.717, 1.165) is 0 Å². The van der Waals surface area contributed by atoms with Gasteiger partial charge in [-0.3, -0.25) is 0 Å². The van der Waals surface area contributed by atoms with Crippen molar-refractivity contribution in [1.29, 1.82) is 0 Å². The highest BCUT2D eigenvalue weighted by molar-refractivity contribution is 6.29. The molecule has 0 fully saturated rings. The lowest BCUT2D eigenvalue weighted by molar-refractivity contribution is 1.33. The summed E-state index contributed by atoms with van der Waals surface area (Å²) in [6.07, 6.45) is -0.254. The minimum atomic E-state index is -0.254. The van der Waals surface area contributed by atoms with Gasteiger partial charge in [0.05, 0.1) is 16.0 Å². The van der Waals surface area contributed by atoms with Crippen LogP contribution in [0.5, 0.6) is 0 Å². The summed E-state index contributed by atoms with van der Waals surface area (Å²) in [6.45, 7) is 0. The standard InChI is InChI=1S/C5H5ClN2/c6-5-2-1-4(7)3-8-5/h1-3H,7H2/i1D,2D,3D. The number of nitrogens with zero attached hydrogens (tertiary/aromatic N) is 1. The van der Waals surface area contributed by atoms with Gasteiger partial charge in [-0.15, -0.1) is 0 Å². The summed E-state index contributed by atoms with van der Waals surface area (Å²) < 4.78 is 21.4. The van der Waals surface area contributed by atoms with Gasteiger partial charge >= 0.3 is 0 Å². The Morgan fingerprint density at radius 3 is 3.25 bits per heavy atom. The lowest BCUT2D eigenvalue weighted by atomic mass is 10.4. The predicted molar refractivity (Wildman–Crippen MR) is 33.7 cm³/mol. The van der Waals surface area contributed by atoms with E-state index in [1.807, 2.05) is 0 Å². The zero-order valence-electron chi connectivity index (χ0n) is 6.90. The third-order valence-corrected chi connectivity index (χ3v) is 0.754. The number of hydrogen-bond donors (Lipinski definition) is 1. The summed E-state index contributed by atoms with van der Waals surface area (Å²) in [4.78, 5) is 3.43. The second-order valence-corrected chi connectivity index (χ2v) is 1.54. The number of aromatic nitrogens is 1. The van der Waals surface area contributed by atoms with Crippen molar-refractivity contribution < 1.29 is 4.11 Å². The van der Waals surface area contributed by atoms with Crippen LogP contribution in [0, 0.1) is 0 Å². The summed E-state index contributed by atoms with van der Waals surface area (Å²) in [7, 11) is 0. The number of rotatable bonds is 0. The van der Waals surface area contributed by atoms with Gasteiger partial charge in [0, 0.05) is 0 Å². The van der Waals surface area contributed by atoms with Crippen LogP contribution in [-0.2, 0) is 0 Å². The van der Waals surface area contributed by atoms with Gasteiger partial charge in [-0.05, 0) is 12.1 Å². The minimum Gasteiger partial charge on any atom is -0.397 e. The van der Waals surface area contributed by atoms with E-state index < -0.39 is 0 Å².